The molecule has 0 bridgehead atoms. The Morgan fingerprint density at radius 2 is 2.00 bits per heavy atom. The Morgan fingerprint density at radius 1 is 1.35 bits per heavy atom. The van der Waals surface area contributed by atoms with E-state index in [0.29, 0.717) is 26.1 Å². The number of amides is 2. The van der Waals surface area contributed by atoms with Crippen molar-refractivity contribution in [2.45, 2.75) is 26.8 Å². The van der Waals surface area contributed by atoms with Gasteiger partial charge >= 0.3 is 0 Å². The van der Waals surface area contributed by atoms with Crippen LogP contribution in [0.5, 0.6) is 0 Å². The van der Waals surface area contributed by atoms with Crippen LogP contribution in [0.15, 0.2) is 12.1 Å². The Morgan fingerprint density at radius 3 is 2.61 bits per heavy atom. The van der Waals surface area contributed by atoms with Gasteiger partial charge in [-0.05, 0) is 45.6 Å². The summed E-state index contributed by atoms with van der Waals surface area (Å²) in [4.78, 5) is 32.4. The third-order valence-electron chi connectivity index (χ3n) is 4.01. The first-order chi connectivity index (χ1) is 10.8. The van der Waals surface area contributed by atoms with E-state index in [1.54, 1.807) is 4.90 Å². The average molecular weight is 318 g/mol. The molecule has 0 saturated carbocycles. The van der Waals surface area contributed by atoms with Gasteiger partial charge in [-0.15, -0.1) is 0 Å². The third kappa shape index (κ3) is 5.03. The lowest BCUT2D eigenvalue weighted by Crippen LogP contribution is -2.35. The van der Waals surface area contributed by atoms with Gasteiger partial charge in [0, 0.05) is 44.0 Å². The topological polar surface area (TPSA) is 65.5 Å². The highest BCUT2D eigenvalue weighted by molar-refractivity contribution is 5.89. The lowest BCUT2D eigenvalue weighted by Gasteiger charge is -2.19. The fraction of sp³-hybridized carbons (Fsp3) is 0.588. The van der Waals surface area contributed by atoms with Crippen molar-refractivity contribution in [2.75, 3.05) is 33.7 Å². The molecule has 23 heavy (non-hydrogen) atoms. The van der Waals surface area contributed by atoms with Gasteiger partial charge in [-0.1, -0.05) is 0 Å². The molecule has 1 saturated heterocycles. The summed E-state index contributed by atoms with van der Waals surface area (Å²) in [7, 11) is 3.95. The average Bonchev–Trinajstić information content (AvgIpc) is 2.83. The van der Waals surface area contributed by atoms with E-state index in [1.807, 2.05) is 45.0 Å². The van der Waals surface area contributed by atoms with Crippen LogP contribution in [0.3, 0.4) is 0 Å². The number of pyridine rings is 1. The SMILES string of the molecule is Cc1cc(CNC(=O)C2CC(=O)N(CCN(C)C)C2)cc(C)n1. The molecule has 0 aromatic carbocycles. The Bertz CT molecular complexity index is 566. The number of likely N-dealkylation sites (N-methyl/N-ethyl adjacent to an activating group) is 1. The monoisotopic (exact) mass is 318 g/mol. The fourth-order valence-electron chi connectivity index (χ4n) is 2.84. The van der Waals surface area contributed by atoms with Crippen LogP contribution < -0.4 is 5.32 Å². The minimum Gasteiger partial charge on any atom is -0.352 e. The maximum Gasteiger partial charge on any atom is 0.225 e. The molecule has 1 aliphatic rings. The standard InChI is InChI=1S/C17H26N4O2/c1-12-7-14(8-13(2)19-12)10-18-17(23)15-9-16(22)21(11-15)6-5-20(3)4/h7-8,15H,5-6,9-11H2,1-4H3,(H,18,23). The Labute approximate surface area is 137 Å². The number of aromatic nitrogens is 1. The largest absolute Gasteiger partial charge is 0.352 e. The van der Waals surface area contributed by atoms with Gasteiger partial charge in [-0.2, -0.15) is 0 Å². The lowest BCUT2D eigenvalue weighted by molar-refractivity contribution is -0.129. The maximum atomic E-state index is 12.3. The molecule has 6 nitrogen and oxygen atoms in total. The van der Waals surface area contributed by atoms with Crippen molar-refractivity contribution in [3.63, 3.8) is 0 Å². The molecule has 1 fully saturated rings. The zero-order valence-corrected chi connectivity index (χ0v) is 14.4. The number of carbonyl (C=O) groups is 2. The summed E-state index contributed by atoms with van der Waals surface area (Å²) in [5.74, 6) is -0.214. The molecule has 1 N–H and O–H groups in total. The van der Waals surface area contributed by atoms with E-state index in [9.17, 15) is 9.59 Å². The van der Waals surface area contributed by atoms with Crippen molar-refractivity contribution in [1.82, 2.24) is 20.1 Å². The molecule has 1 atom stereocenters. The van der Waals surface area contributed by atoms with E-state index in [2.05, 4.69) is 10.3 Å². The van der Waals surface area contributed by atoms with Gasteiger partial charge in [0.05, 0.1) is 5.92 Å². The lowest BCUT2D eigenvalue weighted by atomic mass is 10.1. The van der Waals surface area contributed by atoms with Gasteiger partial charge in [0.2, 0.25) is 11.8 Å². The van der Waals surface area contributed by atoms with Gasteiger partial charge in [-0.25, -0.2) is 0 Å². The van der Waals surface area contributed by atoms with E-state index in [1.165, 1.54) is 0 Å². The summed E-state index contributed by atoms with van der Waals surface area (Å²) >= 11 is 0. The number of hydrogen-bond donors (Lipinski definition) is 1. The maximum absolute atomic E-state index is 12.3. The first kappa shape index (κ1) is 17.4. The fourth-order valence-corrected chi connectivity index (χ4v) is 2.84. The molecule has 1 aromatic heterocycles. The molecule has 1 aromatic rings. The molecule has 2 amide bonds. The highest BCUT2D eigenvalue weighted by Gasteiger charge is 2.33. The number of hydrogen-bond acceptors (Lipinski definition) is 4. The van der Waals surface area contributed by atoms with E-state index in [-0.39, 0.29) is 17.7 Å². The summed E-state index contributed by atoms with van der Waals surface area (Å²) in [5, 5.41) is 2.95. The molecule has 126 valence electrons. The summed E-state index contributed by atoms with van der Waals surface area (Å²) in [6.07, 6.45) is 0.313. The first-order valence-electron chi connectivity index (χ1n) is 7.99. The Kier molecular flexibility index (Phi) is 5.71. The molecule has 2 heterocycles. The van der Waals surface area contributed by atoms with Crippen molar-refractivity contribution < 1.29 is 9.59 Å². The Hall–Kier alpha value is -1.95. The van der Waals surface area contributed by atoms with Crippen LogP contribution >= 0.6 is 0 Å². The summed E-state index contributed by atoms with van der Waals surface area (Å²) < 4.78 is 0. The first-order valence-corrected chi connectivity index (χ1v) is 7.99. The van der Waals surface area contributed by atoms with Crippen molar-refractivity contribution in [2.24, 2.45) is 5.92 Å². The molecule has 1 aliphatic heterocycles. The molecule has 1 unspecified atom stereocenters. The summed E-state index contributed by atoms with van der Waals surface area (Å²) in [6, 6.07) is 3.94. The number of carbonyl (C=O) groups excluding carboxylic acids is 2. The Balaban J connectivity index is 1.85. The van der Waals surface area contributed by atoms with E-state index < -0.39 is 0 Å². The normalized spacial score (nSPS) is 17.9. The zero-order valence-electron chi connectivity index (χ0n) is 14.4. The van der Waals surface area contributed by atoms with Crippen LogP contribution in [-0.2, 0) is 16.1 Å². The molecule has 0 aliphatic carbocycles. The van der Waals surface area contributed by atoms with Crippen molar-refractivity contribution in [3.05, 3.63) is 29.1 Å². The third-order valence-corrected chi connectivity index (χ3v) is 4.01. The summed E-state index contributed by atoms with van der Waals surface area (Å²) in [5.41, 5.74) is 2.93. The van der Waals surface area contributed by atoms with Gasteiger partial charge < -0.3 is 15.1 Å². The predicted octanol–water partition coefficient (Wildman–Crippen LogP) is 0.725. The van der Waals surface area contributed by atoms with Crippen LogP contribution in [0, 0.1) is 19.8 Å². The van der Waals surface area contributed by atoms with Crippen molar-refractivity contribution >= 4 is 11.8 Å². The highest BCUT2D eigenvalue weighted by atomic mass is 16.2. The van der Waals surface area contributed by atoms with E-state index in [0.717, 1.165) is 23.5 Å². The predicted molar refractivity (Wildman–Crippen MR) is 88.8 cm³/mol. The number of nitrogens with zero attached hydrogens (tertiary/aromatic N) is 3. The van der Waals surface area contributed by atoms with Gasteiger partial charge in [0.1, 0.15) is 0 Å². The minimum absolute atomic E-state index is 0.0437. The van der Waals surface area contributed by atoms with Crippen molar-refractivity contribution in [3.8, 4) is 0 Å². The van der Waals surface area contributed by atoms with Gasteiger partial charge in [-0.3, -0.25) is 14.6 Å². The van der Waals surface area contributed by atoms with Gasteiger partial charge in [0.15, 0.2) is 0 Å². The molecule has 2 rings (SSSR count). The number of nitrogens with one attached hydrogen (secondary N) is 1. The zero-order chi connectivity index (χ0) is 17.0. The number of likely N-dealkylation sites (tertiary alicyclic amines) is 1. The van der Waals surface area contributed by atoms with Crippen LogP contribution in [0.2, 0.25) is 0 Å². The minimum atomic E-state index is -0.242. The second-order valence-electron chi connectivity index (χ2n) is 6.52. The number of aryl methyl sites for hydroxylation is 2. The second kappa shape index (κ2) is 7.55. The van der Waals surface area contributed by atoms with Gasteiger partial charge in [0.25, 0.3) is 0 Å². The van der Waals surface area contributed by atoms with Crippen LogP contribution in [0.4, 0.5) is 0 Å². The van der Waals surface area contributed by atoms with Crippen molar-refractivity contribution in [1.29, 1.82) is 0 Å². The molecule has 6 heteroatoms. The van der Waals surface area contributed by atoms with Crippen LogP contribution in [0.25, 0.3) is 0 Å². The van der Waals surface area contributed by atoms with Crippen LogP contribution in [0.1, 0.15) is 23.4 Å². The van der Waals surface area contributed by atoms with E-state index >= 15 is 0 Å². The molecule has 0 radical (unpaired) electrons. The van der Waals surface area contributed by atoms with Crippen LogP contribution in [-0.4, -0.2) is 60.3 Å². The smallest absolute Gasteiger partial charge is 0.225 e. The number of rotatable bonds is 6. The summed E-state index contributed by atoms with van der Waals surface area (Å²) in [6.45, 7) is 6.37. The molecule has 0 spiro atoms. The quantitative estimate of drug-likeness (QED) is 0.839. The highest BCUT2D eigenvalue weighted by Crippen LogP contribution is 2.18. The van der Waals surface area contributed by atoms with E-state index in [4.69, 9.17) is 0 Å². The second-order valence-corrected chi connectivity index (χ2v) is 6.52. The molecular weight excluding hydrogens is 292 g/mol. The molecular formula is C17H26N4O2.